The van der Waals surface area contributed by atoms with Gasteiger partial charge in [0.25, 0.3) is 0 Å². The Morgan fingerprint density at radius 1 is 1.05 bits per heavy atom. The van der Waals surface area contributed by atoms with Crippen molar-refractivity contribution in [2.45, 2.75) is 13.5 Å². The summed E-state index contributed by atoms with van der Waals surface area (Å²) in [6.45, 7) is 4.03. The van der Waals surface area contributed by atoms with Gasteiger partial charge in [-0.15, -0.1) is 0 Å². The number of nitrogens with zero attached hydrogens (tertiary/aromatic N) is 2. The first kappa shape index (κ1) is 18.1. The van der Waals surface area contributed by atoms with Crippen LogP contribution in [-0.4, -0.2) is 62.0 Å². The molecular weight excluding hydrogens is 282 g/mol. The van der Waals surface area contributed by atoms with Crippen LogP contribution in [0.4, 0.5) is 0 Å². The lowest BCUT2D eigenvalue weighted by Crippen LogP contribution is -2.43. The van der Waals surface area contributed by atoms with Crippen LogP contribution in [0.25, 0.3) is 0 Å². The maximum Gasteiger partial charge on any atom is 0.312 e. The molecule has 6 nitrogen and oxygen atoms in total. The molecule has 0 fully saturated rings. The predicted molar refractivity (Wildman–Crippen MR) is 85.2 cm³/mol. The molecular formula is C16H25N3O3. The Balaban J connectivity index is 2.47. The fraction of sp³-hybridized carbons (Fsp3) is 0.500. The highest BCUT2D eigenvalue weighted by Crippen LogP contribution is 2.06. The van der Waals surface area contributed by atoms with Crippen molar-refractivity contribution in [3.8, 4) is 0 Å². The van der Waals surface area contributed by atoms with E-state index in [1.54, 1.807) is 14.1 Å². The Kier molecular flexibility index (Phi) is 7.56. The van der Waals surface area contributed by atoms with E-state index < -0.39 is 11.8 Å². The number of rotatable bonds is 7. The summed E-state index contributed by atoms with van der Waals surface area (Å²) in [6, 6.07) is 7.87. The Hall–Kier alpha value is -1.92. The smallest absolute Gasteiger partial charge is 0.312 e. The van der Waals surface area contributed by atoms with Crippen LogP contribution in [0.1, 0.15) is 11.1 Å². The molecule has 1 aromatic rings. The van der Waals surface area contributed by atoms with Crippen molar-refractivity contribution in [3.05, 3.63) is 35.4 Å². The van der Waals surface area contributed by atoms with Crippen LogP contribution in [0.5, 0.6) is 0 Å². The van der Waals surface area contributed by atoms with Crippen molar-refractivity contribution >= 4 is 11.8 Å². The summed E-state index contributed by atoms with van der Waals surface area (Å²) < 4.78 is 5.21. The molecule has 6 heteroatoms. The maximum absolute atomic E-state index is 12.1. The molecule has 0 atom stereocenters. The van der Waals surface area contributed by atoms with E-state index in [1.165, 1.54) is 9.80 Å². The number of benzene rings is 1. The van der Waals surface area contributed by atoms with Gasteiger partial charge in [-0.1, -0.05) is 29.8 Å². The largest absolute Gasteiger partial charge is 0.378 e. The summed E-state index contributed by atoms with van der Waals surface area (Å²) in [7, 11) is 3.21. The molecule has 1 aromatic carbocycles. The number of aryl methyl sites for hydroxylation is 1. The fourth-order valence-electron chi connectivity index (χ4n) is 1.85. The van der Waals surface area contributed by atoms with Crippen molar-refractivity contribution in [2.75, 3.05) is 40.4 Å². The highest BCUT2D eigenvalue weighted by Gasteiger charge is 2.22. The van der Waals surface area contributed by atoms with Crippen LogP contribution in [0, 0.1) is 6.92 Å². The average molecular weight is 307 g/mol. The van der Waals surface area contributed by atoms with Crippen LogP contribution in [-0.2, 0) is 20.9 Å². The molecule has 2 amide bonds. The van der Waals surface area contributed by atoms with Gasteiger partial charge >= 0.3 is 11.8 Å². The first-order chi connectivity index (χ1) is 10.5. The van der Waals surface area contributed by atoms with Gasteiger partial charge in [0.1, 0.15) is 0 Å². The molecule has 22 heavy (non-hydrogen) atoms. The lowest BCUT2D eigenvalue weighted by atomic mass is 10.1. The minimum Gasteiger partial charge on any atom is -0.378 e. The van der Waals surface area contributed by atoms with Gasteiger partial charge in [-0.3, -0.25) is 9.59 Å². The number of carbonyl (C=O) groups excluding carboxylic acids is 2. The lowest BCUT2D eigenvalue weighted by Gasteiger charge is -2.21. The SMILES string of the molecule is Cc1ccc(CN(C)C(=O)C(=O)N(C)CCOCCN)cc1. The third-order valence-corrected chi connectivity index (χ3v) is 3.25. The number of nitrogens with two attached hydrogens (primary N) is 1. The predicted octanol–water partition coefficient (Wildman–Crippen LogP) is 0.387. The molecule has 0 saturated carbocycles. The molecule has 0 aromatic heterocycles. The van der Waals surface area contributed by atoms with Crippen molar-refractivity contribution in [1.29, 1.82) is 0 Å². The molecule has 0 aliphatic carbocycles. The quantitative estimate of drug-likeness (QED) is 0.584. The first-order valence-corrected chi connectivity index (χ1v) is 7.29. The normalized spacial score (nSPS) is 10.4. The third-order valence-electron chi connectivity index (χ3n) is 3.25. The van der Waals surface area contributed by atoms with Crippen molar-refractivity contribution in [2.24, 2.45) is 5.73 Å². The van der Waals surface area contributed by atoms with Crippen molar-refractivity contribution in [3.63, 3.8) is 0 Å². The second kappa shape index (κ2) is 9.17. The van der Waals surface area contributed by atoms with Crippen molar-refractivity contribution in [1.82, 2.24) is 9.80 Å². The minimum absolute atomic E-state index is 0.364. The molecule has 0 saturated heterocycles. The van der Waals surface area contributed by atoms with E-state index >= 15 is 0 Å². The summed E-state index contributed by atoms with van der Waals surface area (Å²) in [5.74, 6) is -1.06. The van der Waals surface area contributed by atoms with Gasteiger partial charge in [0.2, 0.25) is 0 Å². The zero-order valence-corrected chi connectivity index (χ0v) is 13.5. The zero-order chi connectivity index (χ0) is 16.5. The number of amides is 2. The van der Waals surface area contributed by atoms with Crippen LogP contribution in [0.3, 0.4) is 0 Å². The number of ether oxygens (including phenoxy) is 1. The van der Waals surface area contributed by atoms with E-state index in [-0.39, 0.29) is 0 Å². The second-order valence-corrected chi connectivity index (χ2v) is 5.27. The zero-order valence-electron chi connectivity index (χ0n) is 13.5. The van der Waals surface area contributed by atoms with Crippen LogP contribution < -0.4 is 5.73 Å². The summed E-state index contributed by atoms with van der Waals surface area (Å²) in [5, 5.41) is 0. The van der Waals surface area contributed by atoms with Gasteiger partial charge in [-0.2, -0.15) is 0 Å². The number of likely N-dealkylation sites (N-methyl/N-ethyl adjacent to an activating group) is 2. The van der Waals surface area contributed by atoms with Gasteiger partial charge in [0.05, 0.1) is 13.2 Å². The van der Waals surface area contributed by atoms with E-state index in [2.05, 4.69) is 0 Å². The van der Waals surface area contributed by atoms with E-state index in [1.807, 2.05) is 31.2 Å². The maximum atomic E-state index is 12.1. The summed E-state index contributed by atoms with van der Waals surface area (Å²) in [5.41, 5.74) is 7.46. The van der Waals surface area contributed by atoms with Gasteiger partial charge in [0, 0.05) is 33.7 Å². The van der Waals surface area contributed by atoms with Gasteiger partial charge in [-0.05, 0) is 12.5 Å². The standard InChI is InChI=1S/C16H25N3O3/c1-13-4-6-14(7-5-13)12-19(3)16(21)15(20)18(2)9-11-22-10-8-17/h4-7H,8-12,17H2,1-3H3. The number of hydrogen-bond donors (Lipinski definition) is 1. The van der Waals surface area contributed by atoms with Crippen LogP contribution >= 0.6 is 0 Å². The third kappa shape index (κ3) is 5.83. The molecule has 122 valence electrons. The monoisotopic (exact) mass is 307 g/mol. The van der Waals surface area contributed by atoms with Gasteiger partial charge in [-0.25, -0.2) is 0 Å². The molecule has 0 heterocycles. The minimum atomic E-state index is -0.536. The molecule has 1 rings (SSSR count). The van der Waals surface area contributed by atoms with Gasteiger partial charge in [0.15, 0.2) is 0 Å². The summed E-state index contributed by atoms with van der Waals surface area (Å²) in [4.78, 5) is 27.0. The molecule has 2 N–H and O–H groups in total. The molecule has 0 bridgehead atoms. The Morgan fingerprint density at radius 2 is 1.64 bits per heavy atom. The van der Waals surface area contributed by atoms with E-state index in [0.29, 0.717) is 32.8 Å². The summed E-state index contributed by atoms with van der Waals surface area (Å²) in [6.07, 6.45) is 0. The Bertz CT molecular complexity index is 488. The molecule has 0 aliphatic heterocycles. The average Bonchev–Trinajstić information content (AvgIpc) is 2.52. The van der Waals surface area contributed by atoms with E-state index in [4.69, 9.17) is 10.5 Å². The Labute approximate surface area is 131 Å². The van der Waals surface area contributed by atoms with E-state index in [9.17, 15) is 9.59 Å². The second-order valence-electron chi connectivity index (χ2n) is 5.27. The Morgan fingerprint density at radius 3 is 2.23 bits per heavy atom. The van der Waals surface area contributed by atoms with Crippen LogP contribution in [0.15, 0.2) is 24.3 Å². The number of carbonyl (C=O) groups is 2. The topological polar surface area (TPSA) is 75.9 Å². The molecule has 0 radical (unpaired) electrons. The highest BCUT2D eigenvalue weighted by molar-refractivity contribution is 6.34. The number of hydrogen-bond acceptors (Lipinski definition) is 4. The summed E-state index contributed by atoms with van der Waals surface area (Å²) >= 11 is 0. The highest BCUT2D eigenvalue weighted by atomic mass is 16.5. The van der Waals surface area contributed by atoms with E-state index in [0.717, 1.165) is 11.1 Å². The first-order valence-electron chi connectivity index (χ1n) is 7.29. The fourth-order valence-corrected chi connectivity index (χ4v) is 1.85. The van der Waals surface area contributed by atoms with Gasteiger partial charge < -0.3 is 20.3 Å². The molecule has 0 spiro atoms. The molecule has 0 unspecified atom stereocenters. The van der Waals surface area contributed by atoms with Crippen molar-refractivity contribution < 1.29 is 14.3 Å². The lowest BCUT2D eigenvalue weighted by molar-refractivity contribution is -0.150. The molecule has 0 aliphatic rings. The van der Waals surface area contributed by atoms with Crippen LogP contribution in [0.2, 0.25) is 0 Å².